The summed E-state index contributed by atoms with van der Waals surface area (Å²) < 4.78 is 0. The van der Waals surface area contributed by atoms with Crippen LogP contribution in [-0.2, 0) is 6.54 Å². The van der Waals surface area contributed by atoms with E-state index in [1.807, 2.05) is 25.1 Å². The van der Waals surface area contributed by atoms with Crippen LogP contribution in [0.15, 0.2) is 36.4 Å². The Morgan fingerprint density at radius 1 is 1.15 bits per heavy atom. The highest BCUT2D eigenvalue weighted by Gasteiger charge is 2.09. The first kappa shape index (κ1) is 14.6. The Morgan fingerprint density at radius 2 is 1.90 bits per heavy atom. The van der Waals surface area contributed by atoms with Gasteiger partial charge in [0, 0.05) is 34.4 Å². The lowest BCUT2D eigenvalue weighted by Gasteiger charge is -2.09. The minimum atomic E-state index is -0.442. The van der Waals surface area contributed by atoms with Crippen LogP contribution in [0, 0.1) is 17.0 Å². The molecule has 0 heterocycles. The van der Waals surface area contributed by atoms with Crippen molar-refractivity contribution in [1.29, 1.82) is 0 Å². The molecule has 0 bridgehead atoms. The van der Waals surface area contributed by atoms with Crippen LogP contribution < -0.4 is 5.32 Å². The van der Waals surface area contributed by atoms with Crippen molar-refractivity contribution in [1.82, 2.24) is 0 Å². The maximum Gasteiger partial charge on any atom is 0.269 e. The topological polar surface area (TPSA) is 55.2 Å². The summed E-state index contributed by atoms with van der Waals surface area (Å²) in [5, 5.41) is 15.0. The average Bonchev–Trinajstić information content (AvgIpc) is 2.41. The number of benzene rings is 2. The van der Waals surface area contributed by atoms with Gasteiger partial charge in [-0.05, 0) is 36.2 Å². The number of nitrogens with zero attached hydrogens (tertiary/aromatic N) is 1. The minimum absolute atomic E-state index is 0.0214. The largest absolute Gasteiger partial charge is 0.381 e. The molecule has 20 heavy (non-hydrogen) atoms. The number of aryl methyl sites for hydroxylation is 1. The molecule has 4 nitrogen and oxygen atoms in total. The highest BCUT2D eigenvalue weighted by atomic mass is 35.5. The molecule has 0 aliphatic carbocycles. The van der Waals surface area contributed by atoms with Crippen molar-refractivity contribution in [2.45, 2.75) is 13.5 Å². The van der Waals surface area contributed by atoms with Crippen LogP contribution in [0.4, 0.5) is 11.4 Å². The Kier molecular flexibility index (Phi) is 4.47. The third-order valence-corrected chi connectivity index (χ3v) is 3.67. The molecule has 0 aliphatic rings. The number of nitro benzene ring substituents is 1. The highest BCUT2D eigenvalue weighted by molar-refractivity contribution is 6.31. The number of halogens is 2. The van der Waals surface area contributed by atoms with E-state index in [9.17, 15) is 10.1 Å². The van der Waals surface area contributed by atoms with Gasteiger partial charge in [0.1, 0.15) is 0 Å². The molecule has 0 aromatic heterocycles. The van der Waals surface area contributed by atoms with Crippen molar-refractivity contribution in [2.75, 3.05) is 5.32 Å². The van der Waals surface area contributed by atoms with Gasteiger partial charge in [0.2, 0.25) is 0 Å². The molecule has 0 atom stereocenters. The number of non-ortho nitro benzene ring substituents is 1. The Hall–Kier alpha value is -1.78. The number of hydrogen-bond donors (Lipinski definition) is 1. The van der Waals surface area contributed by atoms with Crippen LogP contribution in [0.25, 0.3) is 0 Å². The normalized spacial score (nSPS) is 10.3. The van der Waals surface area contributed by atoms with Gasteiger partial charge in [0.05, 0.1) is 4.92 Å². The summed E-state index contributed by atoms with van der Waals surface area (Å²) in [5.41, 5.74) is 2.51. The monoisotopic (exact) mass is 310 g/mol. The van der Waals surface area contributed by atoms with Gasteiger partial charge in [-0.1, -0.05) is 29.3 Å². The van der Waals surface area contributed by atoms with Gasteiger partial charge in [0.15, 0.2) is 0 Å². The first-order valence-electron chi connectivity index (χ1n) is 5.90. The lowest BCUT2D eigenvalue weighted by Crippen LogP contribution is -2.01. The summed E-state index contributed by atoms with van der Waals surface area (Å²) in [6, 6.07) is 9.98. The quantitative estimate of drug-likeness (QED) is 0.650. The molecule has 0 aliphatic heterocycles. The van der Waals surface area contributed by atoms with Gasteiger partial charge in [0.25, 0.3) is 5.69 Å². The van der Waals surface area contributed by atoms with Gasteiger partial charge in [-0.2, -0.15) is 0 Å². The lowest BCUT2D eigenvalue weighted by molar-refractivity contribution is -0.384. The molecule has 2 rings (SSSR count). The molecule has 1 N–H and O–H groups in total. The van der Waals surface area contributed by atoms with E-state index in [1.165, 1.54) is 18.2 Å². The van der Waals surface area contributed by atoms with Crippen molar-refractivity contribution in [3.8, 4) is 0 Å². The Balaban J connectivity index is 2.15. The molecule has 6 heteroatoms. The molecule has 0 radical (unpaired) electrons. The number of nitrogens with one attached hydrogen (secondary N) is 1. The Bertz CT molecular complexity index is 660. The van der Waals surface area contributed by atoms with E-state index in [4.69, 9.17) is 23.2 Å². The Morgan fingerprint density at radius 3 is 2.55 bits per heavy atom. The maximum absolute atomic E-state index is 10.7. The molecule has 0 amide bonds. The summed E-state index contributed by atoms with van der Waals surface area (Å²) in [4.78, 5) is 10.3. The summed E-state index contributed by atoms with van der Waals surface area (Å²) in [6.45, 7) is 2.31. The second-order valence-corrected chi connectivity index (χ2v) is 5.16. The van der Waals surface area contributed by atoms with Crippen molar-refractivity contribution in [3.05, 3.63) is 67.7 Å². The third-order valence-electron chi connectivity index (χ3n) is 2.89. The van der Waals surface area contributed by atoms with E-state index in [1.54, 1.807) is 0 Å². The van der Waals surface area contributed by atoms with Crippen molar-refractivity contribution in [3.63, 3.8) is 0 Å². The first-order valence-corrected chi connectivity index (χ1v) is 6.66. The number of rotatable bonds is 4. The molecular formula is C14H12Cl2N2O2. The Labute approximate surface area is 126 Å². The second kappa shape index (κ2) is 6.11. The fourth-order valence-electron chi connectivity index (χ4n) is 1.71. The average molecular weight is 311 g/mol. The predicted octanol–water partition coefficient (Wildman–Crippen LogP) is 4.82. The zero-order valence-corrected chi connectivity index (χ0v) is 12.2. The van der Waals surface area contributed by atoms with Crippen molar-refractivity contribution < 1.29 is 4.92 Å². The fourth-order valence-corrected chi connectivity index (χ4v) is 2.08. The van der Waals surface area contributed by atoms with Crippen LogP contribution in [0.5, 0.6) is 0 Å². The molecule has 0 spiro atoms. The van der Waals surface area contributed by atoms with Gasteiger partial charge in [-0.15, -0.1) is 0 Å². The van der Waals surface area contributed by atoms with E-state index < -0.39 is 4.92 Å². The van der Waals surface area contributed by atoms with Crippen molar-refractivity contribution >= 4 is 34.6 Å². The predicted molar refractivity (Wildman–Crippen MR) is 81.6 cm³/mol. The number of hydrogen-bond acceptors (Lipinski definition) is 3. The van der Waals surface area contributed by atoms with E-state index >= 15 is 0 Å². The zero-order valence-electron chi connectivity index (χ0n) is 10.7. The van der Waals surface area contributed by atoms with Crippen LogP contribution >= 0.6 is 23.2 Å². The zero-order chi connectivity index (χ0) is 14.7. The molecule has 0 fully saturated rings. The maximum atomic E-state index is 10.7. The third kappa shape index (κ3) is 3.40. The standard InChI is InChI=1S/C14H12Cl2N2O2/c1-9-2-3-11(7-14(9)16)17-8-10-6-12(18(19)20)4-5-13(10)15/h2-7,17H,8H2,1H3. The molecular weight excluding hydrogens is 299 g/mol. The van der Waals surface area contributed by atoms with Gasteiger partial charge in [-0.25, -0.2) is 0 Å². The molecule has 2 aromatic rings. The molecule has 2 aromatic carbocycles. The van der Waals surface area contributed by atoms with Crippen LogP contribution in [0.1, 0.15) is 11.1 Å². The van der Waals surface area contributed by atoms with E-state index in [0.717, 1.165) is 11.3 Å². The first-order chi connectivity index (χ1) is 9.47. The van der Waals surface area contributed by atoms with E-state index in [2.05, 4.69) is 5.32 Å². The number of nitro groups is 1. The van der Waals surface area contributed by atoms with E-state index in [-0.39, 0.29) is 5.69 Å². The van der Waals surface area contributed by atoms with Gasteiger partial charge >= 0.3 is 0 Å². The summed E-state index contributed by atoms with van der Waals surface area (Å²) >= 11 is 12.1. The van der Waals surface area contributed by atoms with Crippen LogP contribution in [0.3, 0.4) is 0 Å². The summed E-state index contributed by atoms with van der Waals surface area (Å²) in [6.07, 6.45) is 0. The highest BCUT2D eigenvalue weighted by Crippen LogP contribution is 2.24. The second-order valence-electron chi connectivity index (χ2n) is 4.35. The van der Waals surface area contributed by atoms with Crippen LogP contribution in [0.2, 0.25) is 10.0 Å². The summed E-state index contributed by atoms with van der Waals surface area (Å²) in [7, 11) is 0. The van der Waals surface area contributed by atoms with Gasteiger partial charge in [-0.3, -0.25) is 10.1 Å². The number of anilines is 1. The van der Waals surface area contributed by atoms with Gasteiger partial charge < -0.3 is 5.32 Å². The lowest BCUT2D eigenvalue weighted by atomic mass is 10.2. The van der Waals surface area contributed by atoms with Crippen LogP contribution in [-0.4, -0.2) is 4.92 Å². The summed E-state index contributed by atoms with van der Waals surface area (Å²) in [5.74, 6) is 0. The van der Waals surface area contributed by atoms with Crippen molar-refractivity contribution in [2.24, 2.45) is 0 Å². The molecule has 0 saturated heterocycles. The van der Waals surface area contributed by atoms with E-state index in [0.29, 0.717) is 22.2 Å². The smallest absolute Gasteiger partial charge is 0.269 e. The molecule has 104 valence electrons. The molecule has 0 saturated carbocycles. The SMILES string of the molecule is Cc1ccc(NCc2cc([N+](=O)[O-])ccc2Cl)cc1Cl. The molecule has 0 unspecified atom stereocenters. The minimum Gasteiger partial charge on any atom is -0.381 e. The fraction of sp³-hybridized carbons (Fsp3) is 0.143.